The average Bonchev–Trinajstić information content (AvgIpc) is 1.70. The van der Waals surface area contributed by atoms with Crippen molar-refractivity contribution in [2.24, 2.45) is 0 Å². The van der Waals surface area contributed by atoms with Crippen molar-refractivity contribution >= 4 is 168 Å². The van der Waals surface area contributed by atoms with E-state index in [1.807, 2.05) is 12.1 Å². The number of nitrogens with two attached hydrogens (primary N) is 1. The van der Waals surface area contributed by atoms with Crippen LogP contribution in [-0.2, 0) is 52.4 Å². The van der Waals surface area contributed by atoms with Gasteiger partial charge in [0.15, 0.2) is 23.9 Å². The first kappa shape index (κ1) is 108. The third-order valence-corrected chi connectivity index (χ3v) is 15.7. The largest absolute Gasteiger partial charge is 0.489 e. The van der Waals surface area contributed by atoms with Crippen molar-refractivity contribution < 1.29 is 130 Å². The summed E-state index contributed by atoms with van der Waals surface area (Å²) < 4.78 is 68.3. The zero-order valence-corrected chi connectivity index (χ0v) is 77.3. The van der Waals surface area contributed by atoms with Crippen LogP contribution in [0.25, 0.3) is 0 Å². The summed E-state index contributed by atoms with van der Waals surface area (Å²) in [5, 5.41) is 69.7. The predicted octanol–water partition coefficient (Wildman–Crippen LogP) is 14.4. The molecule has 0 saturated heterocycles. The van der Waals surface area contributed by atoms with E-state index < -0.39 is 140 Å². The maximum atomic E-state index is 12.6. The first-order chi connectivity index (χ1) is 55.0. The van der Waals surface area contributed by atoms with E-state index in [2.05, 4.69) is 112 Å². The molecule has 2 aliphatic heterocycles. The SMILES string of the molecule is CC(C)(C)OC(=O)N[C@@H](COc1ccc(Br)cc1N)C(=O)O.CC(C)(C)OC(=O)N[C@@H](COc1ccc(Br)cc1[N+](=O)[O-])C(=O)O.CC(C)(C)OC(=O)N[C@H]1COc2ccc(Br)cc2NC1=O.CC(C)(C)OC[C@H](NC(=O)OC(C)(C)C)C(=O)O.CN1C(=O)[C@@H](NC(=O)OC(C)(C)C)COc2ccc(Br)cc21.CO.O=[N+]([O-])c1cc(Br)ccc1F. The van der Waals surface area contributed by atoms with Crippen molar-refractivity contribution in [2.45, 2.75) is 188 Å². The highest BCUT2D eigenvalue weighted by molar-refractivity contribution is 9.11. The minimum absolute atomic E-state index is 0.0414. The Morgan fingerprint density at radius 1 is 0.500 bits per heavy atom. The topological polar surface area (TPSA) is 532 Å². The predicted molar refractivity (Wildman–Crippen MR) is 455 cm³/mol. The number of nitro benzene ring substituents is 2. The van der Waals surface area contributed by atoms with E-state index in [9.17, 15) is 72.6 Å². The lowest BCUT2D eigenvalue weighted by Gasteiger charge is -2.25. The maximum absolute atomic E-state index is 12.6. The summed E-state index contributed by atoms with van der Waals surface area (Å²) in [7, 11) is 2.64. The lowest BCUT2D eigenvalue weighted by molar-refractivity contribution is -0.387. The van der Waals surface area contributed by atoms with Gasteiger partial charge < -0.3 is 110 Å². The number of alkyl carbamates (subject to hydrolysis) is 5. The average molecular weight is 2020 g/mol. The van der Waals surface area contributed by atoms with Gasteiger partial charge in [0, 0.05) is 48.7 Å². The third kappa shape index (κ3) is 44.8. The third-order valence-electron chi connectivity index (χ3n) is 13.3. The molecule has 2 heterocycles. The van der Waals surface area contributed by atoms with E-state index >= 15 is 0 Å². The molecular formula is C76H102Br5FN10O28. The van der Waals surface area contributed by atoms with Crippen LogP contribution in [-0.4, -0.2) is 201 Å². The number of carbonyl (C=O) groups excluding carboxylic acids is 7. The molecule has 0 fully saturated rings. The normalized spacial score (nSPS) is 14.2. The van der Waals surface area contributed by atoms with Gasteiger partial charge in [-0.3, -0.25) is 29.8 Å². The van der Waals surface area contributed by atoms with Crippen molar-refractivity contribution in [1.82, 2.24) is 26.6 Å². The van der Waals surface area contributed by atoms with Gasteiger partial charge in [-0.1, -0.05) is 79.6 Å². The molecule has 5 aromatic carbocycles. The molecular weight excluding hydrogens is 1920 g/mol. The number of rotatable bonds is 18. The fraction of sp³-hybridized carbons (Fsp3) is 0.474. The van der Waals surface area contributed by atoms with Crippen molar-refractivity contribution in [3.63, 3.8) is 0 Å². The Bertz CT molecular complexity index is 4360. The van der Waals surface area contributed by atoms with Crippen molar-refractivity contribution in [2.75, 3.05) is 63.1 Å². The van der Waals surface area contributed by atoms with E-state index in [0.717, 1.165) is 32.7 Å². The number of nitro groups is 2. The van der Waals surface area contributed by atoms with Gasteiger partial charge in [-0.05, 0) is 203 Å². The molecule has 5 aromatic rings. The highest BCUT2D eigenvalue weighted by Crippen LogP contribution is 2.35. The zero-order chi connectivity index (χ0) is 92.5. The Kier molecular flexibility index (Phi) is 44.0. The van der Waals surface area contributed by atoms with Crippen LogP contribution in [0.1, 0.15) is 125 Å². The number of nitrogens with one attached hydrogen (secondary N) is 6. The van der Waals surface area contributed by atoms with Gasteiger partial charge in [0.1, 0.15) is 83.8 Å². The summed E-state index contributed by atoms with van der Waals surface area (Å²) in [6, 6.07) is 17.9. The number of aliphatic hydroxyl groups is 1. The van der Waals surface area contributed by atoms with E-state index in [0.29, 0.717) is 43.3 Å². The number of carboxylic acid groups (broad SMARTS) is 3. The molecule has 120 heavy (non-hydrogen) atoms. The number of fused-ring (bicyclic) bond motifs is 2. The number of carboxylic acids is 3. The molecule has 0 unspecified atom stereocenters. The van der Waals surface area contributed by atoms with Gasteiger partial charge in [0.25, 0.3) is 11.8 Å². The summed E-state index contributed by atoms with van der Waals surface area (Å²) in [5.41, 5.74) is 2.57. The molecule has 0 bridgehead atoms. The number of likely N-dealkylation sites (N-methyl/N-ethyl adjacent to an activating group) is 1. The van der Waals surface area contributed by atoms with Gasteiger partial charge in [0.2, 0.25) is 5.82 Å². The molecule has 0 aliphatic carbocycles. The zero-order valence-electron chi connectivity index (χ0n) is 69.4. The van der Waals surface area contributed by atoms with Crippen LogP contribution in [0.2, 0.25) is 0 Å². The second kappa shape index (κ2) is 48.9. The fourth-order valence-electron chi connectivity index (χ4n) is 8.36. The van der Waals surface area contributed by atoms with Gasteiger partial charge in [-0.25, -0.2) is 38.4 Å². The van der Waals surface area contributed by atoms with Crippen molar-refractivity contribution in [3.8, 4) is 23.0 Å². The van der Waals surface area contributed by atoms with Crippen LogP contribution in [0, 0.1) is 26.0 Å². The number of anilines is 3. The van der Waals surface area contributed by atoms with E-state index in [-0.39, 0.29) is 49.7 Å². The van der Waals surface area contributed by atoms with Crippen LogP contribution in [0.5, 0.6) is 23.0 Å². The number of hydrogen-bond donors (Lipinski definition) is 11. The Hall–Kier alpha value is -10.2. The number of nitrogen functional groups attached to an aromatic ring is 1. The second-order valence-corrected chi connectivity index (χ2v) is 35.3. The molecule has 0 radical (unpaired) electrons. The van der Waals surface area contributed by atoms with E-state index in [4.69, 9.17) is 73.5 Å². The lowest BCUT2D eigenvalue weighted by Crippen LogP contribution is -2.50. The highest BCUT2D eigenvalue weighted by Gasteiger charge is 2.35. The number of ether oxygens (including phenoxy) is 10. The standard InChI is InChI=1S/C15H19BrN2O4.C14H17BrN2O7.C14H19BrN2O5.C14H17BrN2O4.C12H23NO5.C6H3BrFNO2.CH4O/c1-15(2,3)22-14(20)17-10-8-21-12-6-5-9(16)7-11(12)18(4)13(10)19;1-14(2,3)24-13(20)16-9(12(18)19)7-23-11-5-4-8(15)6-10(11)17(21)22;1-14(2,3)22-13(20)17-10(12(18)19)7-21-11-5-4-8(15)6-9(11)16;1-14(2,3)21-13(19)17-10-7-20-11-5-4-8(15)6-9(11)16-12(10)18;1-11(2,3)17-7-8(9(14)15)13-10(16)18-12(4,5)6;7-4-1-2-5(8)6(3-4)9(10)11;1-2/h5-7,10H,8H2,1-4H3,(H,17,20);4-6,9H,7H2,1-3H3,(H,16,20)(H,18,19);4-6,10H,7,16H2,1-3H3,(H,17,20)(H,18,19);4-6,10H,7H2,1-3H3,(H,16,18)(H,17,19);8H,7H2,1-6H3,(H,13,16)(H,14,15);1-3H;2H,1H3/t10-;9-;2*10-;8-;;/m00000../s1. The van der Waals surface area contributed by atoms with E-state index in [1.54, 1.807) is 174 Å². The van der Waals surface area contributed by atoms with Gasteiger partial charge in [0.05, 0.1) is 39.1 Å². The Morgan fingerprint density at radius 2 is 0.842 bits per heavy atom. The molecule has 12 N–H and O–H groups in total. The molecule has 38 nitrogen and oxygen atoms in total. The molecule has 0 saturated carbocycles. The van der Waals surface area contributed by atoms with Gasteiger partial charge in [-0.2, -0.15) is 4.39 Å². The second-order valence-electron chi connectivity index (χ2n) is 30.7. The van der Waals surface area contributed by atoms with Crippen molar-refractivity contribution in [3.05, 3.63) is 139 Å². The van der Waals surface area contributed by atoms with Crippen LogP contribution >= 0.6 is 79.6 Å². The molecule has 7 amide bonds. The van der Waals surface area contributed by atoms with Gasteiger partial charge in [-0.15, -0.1) is 0 Å². The van der Waals surface area contributed by atoms with Crippen LogP contribution < -0.4 is 61.5 Å². The molecule has 44 heteroatoms. The quantitative estimate of drug-likeness (QED) is 0.0168. The number of nitrogens with zero attached hydrogens (tertiary/aromatic N) is 3. The molecule has 7 rings (SSSR count). The van der Waals surface area contributed by atoms with E-state index in [1.165, 1.54) is 29.2 Å². The number of aliphatic carboxylic acids is 3. The number of hydrogen-bond acceptors (Lipinski definition) is 26. The monoisotopic (exact) mass is 2020 g/mol. The molecule has 666 valence electrons. The molecule has 5 atom stereocenters. The fourth-order valence-corrected chi connectivity index (χ4v) is 10.1. The van der Waals surface area contributed by atoms with Gasteiger partial charge >= 0.3 is 59.7 Å². The number of benzene rings is 5. The summed E-state index contributed by atoms with van der Waals surface area (Å²) in [5.74, 6) is -3.82. The first-order valence-corrected chi connectivity index (χ1v) is 39.5. The number of carbonyl (C=O) groups is 10. The summed E-state index contributed by atoms with van der Waals surface area (Å²) >= 11 is 16.0. The molecule has 0 spiro atoms. The number of amides is 7. The summed E-state index contributed by atoms with van der Waals surface area (Å²) in [6.45, 7) is 30.2. The lowest BCUT2D eigenvalue weighted by atomic mass is 10.2. The minimum Gasteiger partial charge on any atom is -0.489 e. The Balaban J connectivity index is 0.000000724. The van der Waals surface area contributed by atoms with Crippen LogP contribution in [0.3, 0.4) is 0 Å². The molecule has 2 aliphatic rings. The minimum atomic E-state index is -1.43. The highest BCUT2D eigenvalue weighted by atomic mass is 79.9. The van der Waals surface area contributed by atoms with Crippen molar-refractivity contribution in [1.29, 1.82) is 0 Å². The number of aliphatic hydroxyl groups excluding tert-OH is 1. The first-order valence-electron chi connectivity index (χ1n) is 35.5. The molecule has 0 aromatic heterocycles. The Morgan fingerprint density at radius 3 is 1.25 bits per heavy atom. The summed E-state index contributed by atoms with van der Waals surface area (Å²) in [6.07, 6.45) is -3.82. The van der Waals surface area contributed by atoms with Crippen LogP contribution in [0.4, 0.5) is 56.8 Å². The van der Waals surface area contributed by atoms with Crippen LogP contribution in [0.15, 0.2) is 113 Å². The Labute approximate surface area is 734 Å². The maximum Gasteiger partial charge on any atom is 0.408 e. The number of halogens is 6. The smallest absolute Gasteiger partial charge is 0.408 e. The summed E-state index contributed by atoms with van der Waals surface area (Å²) in [4.78, 5) is 137.